The number of hydrogen-bond donors (Lipinski definition) is 0. The van der Waals surface area contributed by atoms with E-state index in [1.54, 1.807) is 12.5 Å². The summed E-state index contributed by atoms with van der Waals surface area (Å²) < 4.78 is 5.65. The minimum atomic E-state index is -0.694. The predicted molar refractivity (Wildman–Crippen MR) is 75.5 cm³/mol. The Kier molecular flexibility index (Phi) is 4.35. The fourth-order valence-electron chi connectivity index (χ4n) is 2.34. The minimum Gasteiger partial charge on any atom is -0.486 e. The van der Waals surface area contributed by atoms with E-state index in [0.29, 0.717) is 11.3 Å². The number of ether oxygens (including phenoxy) is 1. The van der Waals surface area contributed by atoms with Crippen LogP contribution in [0.15, 0.2) is 30.7 Å². The van der Waals surface area contributed by atoms with Gasteiger partial charge in [-0.15, -0.1) is 0 Å². The summed E-state index contributed by atoms with van der Waals surface area (Å²) in [6.45, 7) is 4.06. The number of Topliss-reactive ketones (excluding diaryl/α,β-unsaturated/α-hetero) is 1. The molecular weight excluding hydrogens is 238 g/mol. The minimum absolute atomic E-state index is 0.0581. The van der Waals surface area contributed by atoms with Crippen molar-refractivity contribution in [2.75, 3.05) is 0 Å². The van der Waals surface area contributed by atoms with Gasteiger partial charge < -0.3 is 4.74 Å². The van der Waals surface area contributed by atoms with Gasteiger partial charge in [-0.1, -0.05) is 32.3 Å². The third kappa shape index (κ3) is 3.03. The zero-order valence-corrected chi connectivity index (χ0v) is 11.7. The van der Waals surface area contributed by atoms with Crippen LogP contribution in [0.5, 0.6) is 0 Å². The van der Waals surface area contributed by atoms with Gasteiger partial charge >= 0.3 is 0 Å². The molecule has 0 bridgehead atoms. The molecule has 1 aliphatic rings. The topological polar surface area (TPSA) is 39.2 Å². The molecule has 0 N–H and O–H groups in total. The van der Waals surface area contributed by atoms with Crippen LogP contribution in [-0.2, 0) is 9.53 Å². The second-order valence-electron chi connectivity index (χ2n) is 5.23. The molecule has 0 amide bonds. The fourth-order valence-corrected chi connectivity index (χ4v) is 2.34. The van der Waals surface area contributed by atoms with Crippen molar-refractivity contribution in [3.05, 3.63) is 36.4 Å². The Labute approximate surface area is 114 Å². The van der Waals surface area contributed by atoms with E-state index in [-0.39, 0.29) is 5.78 Å². The van der Waals surface area contributed by atoms with Crippen LogP contribution in [0.2, 0.25) is 0 Å². The van der Waals surface area contributed by atoms with Gasteiger partial charge in [0.05, 0.1) is 17.5 Å². The van der Waals surface area contributed by atoms with Crippen LogP contribution in [0.1, 0.15) is 51.6 Å². The van der Waals surface area contributed by atoms with Crippen LogP contribution >= 0.6 is 0 Å². The number of rotatable bonds is 6. The number of aromatic nitrogens is 1. The maximum Gasteiger partial charge on any atom is 0.211 e. The molecule has 1 atom stereocenters. The van der Waals surface area contributed by atoms with Crippen LogP contribution in [-0.4, -0.2) is 16.4 Å². The van der Waals surface area contributed by atoms with Gasteiger partial charge in [0.15, 0.2) is 5.60 Å². The van der Waals surface area contributed by atoms with Crippen LogP contribution < -0.4 is 0 Å². The summed E-state index contributed by atoms with van der Waals surface area (Å²) in [6, 6.07) is 5.57. The zero-order valence-electron chi connectivity index (χ0n) is 11.7. The van der Waals surface area contributed by atoms with E-state index in [2.05, 4.69) is 11.9 Å². The quantitative estimate of drug-likeness (QED) is 0.730. The molecule has 102 valence electrons. The first-order valence-corrected chi connectivity index (χ1v) is 7.01. The van der Waals surface area contributed by atoms with Crippen molar-refractivity contribution in [3.8, 4) is 0 Å². The maximum atomic E-state index is 12.5. The molecule has 0 spiro atoms. The highest BCUT2D eigenvalue weighted by atomic mass is 16.5. The monoisotopic (exact) mass is 259 g/mol. The number of unbranched alkanes of at least 4 members (excludes halogenated alkanes) is 3. The summed E-state index contributed by atoms with van der Waals surface area (Å²) in [4.78, 5) is 16.7. The average Bonchev–Trinajstić information content (AvgIpc) is 2.73. The third-order valence-electron chi connectivity index (χ3n) is 3.61. The lowest BCUT2D eigenvalue weighted by Crippen LogP contribution is -2.33. The second kappa shape index (κ2) is 6.00. The number of nitrogens with zero attached hydrogens (tertiary/aromatic N) is 1. The van der Waals surface area contributed by atoms with E-state index in [1.165, 1.54) is 12.8 Å². The average molecular weight is 259 g/mol. The number of carbonyl (C=O) groups is 1. The second-order valence-corrected chi connectivity index (χ2v) is 5.23. The molecule has 0 aromatic carbocycles. The molecule has 0 aliphatic carbocycles. The summed E-state index contributed by atoms with van der Waals surface area (Å²) in [5.41, 5.74) is 0.601. The first kappa shape index (κ1) is 13.8. The van der Waals surface area contributed by atoms with E-state index in [4.69, 9.17) is 4.74 Å². The van der Waals surface area contributed by atoms with Gasteiger partial charge in [-0.05, 0) is 31.9 Å². The molecular formula is C16H21NO2. The van der Waals surface area contributed by atoms with Crippen LogP contribution in [0, 0.1) is 0 Å². The van der Waals surface area contributed by atoms with Crippen molar-refractivity contribution in [2.24, 2.45) is 0 Å². The molecule has 2 rings (SSSR count). The molecule has 0 saturated heterocycles. The lowest BCUT2D eigenvalue weighted by Gasteiger charge is -2.22. The lowest BCUT2D eigenvalue weighted by atomic mass is 9.90. The van der Waals surface area contributed by atoms with Crippen LogP contribution in [0.25, 0.3) is 5.57 Å². The Bertz CT molecular complexity index is 467. The molecule has 19 heavy (non-hydrogen) atoms. The molecule has 0 radical (unpaired) electrons. The first-order chi connectivity index (χ1) is 9.17. The Morgan fingerprint density at radius 2 is 2.11 bits per heavy atom. The summed E-state index contributed by atoms with van der Waals surface area (Å²) >= 11 is 0. The molecule has 3 nitrogen and oxygen atoms in total. The van der Waals surface area contributed by atoms with Crippen molar-refractivity contribution in [1.82, 2.24) is 4.98 Å². The molecule has 2 heterocycles. The molecule has 1 aromatic rings. The van der Waals surface area contributed by atoms with Gasteiger partial charge in [0.2, 0.25) is 5.78 Å². The largest absolute Gasteiger partial charge is 0.486 e. The van der Waals surface area contributed by atoms with Crippen molar-refractivity contribution in [1.29, 1.82) is 0 Å². The smallest absolute Gasteiger partial charge is 0.211 e. The van der Waals surface area contributed by atoms with E-state index in [9.17, 15) is 4.79 Å². The lowest BCUT2D eigenvalue weighted by molar-refractivity contribution is -0.127. The number of carbonyl (C=O) groups excluding carboxylic acids is 1. The van der Waals surface area contributed by atoms with E-state index < -0.39 is 5.60 Å². The Morgan fingerprint density at radius 3 is 2.79 bits per heavy atom. The molecule has 1 unspecified atom stereocenters. The standard InChI is InChI=1S/C16H21NO2/c1-3-4-5-7-10-16(2)15(18)13(12-19-16)14-9-6-8-11-17-14/h6,8-9,11-12H,3-5,7,10H2,1-2H3. The SMILES string of the molecule is CCCCCCC1(C)OC=C(c2ccccn2)C1=O. The number of ketones is 1. The summed E-state index contributed by atoms with van der Waals surface area (Å²) in [5, 5.41) is 0. The predicted octanol–water partition coefficient (Wildman–Crippen LogP) is 3.75. The Balaban J connectivity index is 1.99. The van der Waals surface area contributed by atoms with Crippen molar-refractivity contribution >= 4 is 11.4 Å². The third-order valence-corrected chi connectivity index (χ3v) is 3.61. The van der Waals surface area contributed by atoms with Crippen LogP contribution in [0.4, 0.5) is 0 Å². The van der Waals surface area contributed by atoms with E-state index in [1.807, 2.05) is 25.1 Å². The van der Waals surface area contributed by atoms with Gasteiger partial charge in [-0.3, -0.25) is 9.78 Å². The Hall–Kier alpha value is -1.64. The molecule has 0 fully saturated rings. The summed E-state index contributed by atoms with van der Waals surface area (Å²) in [5.74, 6) is 0.0581. The summed E-state index contributed by atoms with van der Waals surface area (Å²) in [6.07, 6.45) is 8.64. The van der Waals surface area contributed by atoms with Gasteiger partial charge in [-0.2, -0.15) is 0 Å². The fraction of sp³-hybridized carbons (Fsp3) is 0.500. The van der Waals surface area contributed by atoms with Gasteiger partial charge in [0.1, 0.15) is 0 Å². The molecule has 3 heteroatoms. The summed E-state index contributed by atoms with van der Waals surface area (Å²) in [7, 11) is 0. The normalized spacial score (nSPS) is 22.2. The highest BCUT2D eigenvalue weighted by Gasteiger charge is 2.41. The van der Waals surface area contributed by atoms with Crippen LogP contribution in [0.3, 0.4) is 0 Å². The van der Waals surface area contributed by atoms with Gasteiger partial charge in [0.25, 0.3) is 0 Å². The van der Waals surface area contributed by atoms with Crippen molar-refractivity contribution in [2.45, 2.75) is 51.6 Å². The molecule has 1 aromatic heterocycles. The maximum absolute atomic E-state index is 12.5. The van der Waals surface area contributed by atoms with Gasteiger partial charge in [0, 0.05) is 6.20 Å². The molecule has 0 saturated carbocycles. The Morgan fingerprint density at radius 1 is 1.26 bits per heavy atom. The van der Waals surface area contributed by atoms with Crippen molar-refractivity contribution in [3.63, 3.8) is 0 Å². The number of hydrogen-bond acceptors (Lipinski definition) is 3. The van der Waals surface area contributed by atoms with Crippen molar-refractivity contribution < 1.29 is 9.53 Å². The highest BCUT2D eigenvalue weighted by Crippen LogP contribution is 2.34. The highest BCUT2D eigenvalue weighted by molar-refractivity contribution is 6.25. The number of pyridine rings is 1. The van der Waals surface area contributed by atoms with E-state index >= 15 is 0 Å². The van der Waals surface area contributed by atoms with Gasteiger partial charge in [-0.25, -0.2) is 0 Å². The van der Waals surface area contributed by atoms with E-state index in [0.717, 1.165) is 19.3 Å². The zero-order chi connectivity index (χ0) is 13.7. The first-order valence-electron chi connectivity index (χ1n) is 7.01. The molecule has 1 aliphatic heterocycles.